The van der Waals surface area contributed by atoms with Gasteiger partial charge in [-0.3, -0.25) is 4.79 Å². The molecule has 1 aliphatic carbocycles. The molecular weight excluding hydrogens is 294 g/mol. The number of benzene rings is 1. The minimum atomic E-state index is -0.0307. The maximum Gasteiger partial charge on any atom is 0.258 e. The highest BCUT2D eigenvalue weighted by Crippen LogP contribution is 2.24. The zero-order valence-electron chi connectivity index (χ0n) is 10.3. The Kier molecular flexibility index (Phi) is 5.05. The average molecular weight is 312 g/mol. The van der Waals surface area contributed by atoms with Gasteiger partial charge in [0.25, 0.3) is 5.91 Å². The highest BCUT2D eigenvalue weighted by atomic mass is 79.9. The second-order valence-corrected chi connectivity index (χ2v) is 5.91. The van der Waals surface area contributed by atoms with E-state index in [1.54, 1.807) is 0 Å². The summed E-state index contributed by atoms with van der Waals surface area (Å²) in [5.41, 5.74) is 0. The van der Waals surface area contributed by atoms with Gasteiger partial charge in [-0.25, -0.2) is 0 Å². The minimum Gasteiger partial charge on any atom is -0.484 e. The third kappa shape index (κ3) is 4.33. The molecule has 4 heteroatoms. The summed E-state index contributed by atoms with van der Waals surface area (Å²) in [5, 5.41) is 3.02. The third-order valence-corrected chi connectivity index (χ3v) is 4.05. The quantitative estimate of drug-likeness (QED) is 0.868. The number of para-hydroxylation sites is 1. The molecule has 98 valence electrons. The fourth-order valence-corrected chi connectivity index (χ4v) is 2.66. The molecule has 1 N–H and O–H groups in total. The van der Waals surface area contributed by atoms with Crippen LogP contribution in [0.1, 0.15) is 25.7 Å². The first-order valence-corrected chi connectivity index (χ1v) is 7.27. The fourth-order valence-electron chi connectivity index (χ4n) is 2.13. The molecular formula is C14H18BrNO2. The van der Waals surface area contributed by atoms with Crippen LogP contribution in [-0.4, -0.2) is 23.4 Å². The van der Waals surface area contributed by atoms with Gasteiger partial charge in [-0.2, -0.15) is 0 Å². The van der Waals surface area contributed by atoms with Crippen LogP contribution in [0.25, 0.3) is 0 Å². The van der Waals surface area contributed by atoms with Gasteiger partial charge in [0.2, 0.25) is 0 Å². The molecule has 0 unspecified atom stereocenters. The number of amides is 1. The smallest absolute Gasteiger partial charge is 0.258 e. The molecule has 1 aromatic rings. The van der Waals surface area contributed by atoms with E-state index in [2.05, 4.69) is 21.2 Å². The molecule has 1 amide bonds. The number of rotatable bonds is 4. The van der Waals surface area contributed by atoms with E-state index in [4.69, 9.17) is 4.74 Å². The van der Waals surface area contributed by atoms with Gasteiger partial charge in [0.1, 0.15) is 5.75 Å². The Morgan fingerprint density at radius 3 is 2.56 bits per heavy atom. The lowest BCUT2D eigenvalue weighted by atomic mass is 9.95. The molecule has 0 aliphatic heterocycles. The van der Waals surface area contributed by atoms with Crippen LogP contribution >= 0.6 is 15.9 Å². The first kappa shape index (κ1) is 13.4. The molecule has 0 aromatic heterocycles. The van der Waals surface area contributed by atoms with Crippen molar-refractivity contribution >= 4 is 21.8 Å². The van der Waals surface area contributed by atoms with E-state index < -0.39 is 0 Å². The largest absolute Gasteiger partial charge is 0.484 e. The zero-order valence-corrected chi connectivity index (χ0v) is 11.9. The van der Waals surface area contributed by atoms with Gasteiger partial charge in [-0.15, -0.1) is 0 Å². The fraction of sp³-hybridized carbons (Fsp3) is 0.500. The minimum absolute atomic E-state index is 0.0307. The summed E-state index contributed by atoms with van der Waals surface area (Å²) in [4.78, 5) is 12.3. The Hall–Kier alpha value is -1.03. The molecule has 1 aliphatic rings. The number of carbonyl (C=O) groups is 1. The zero-order chi connectivity index (χ0) is 12.8. The number of halogens is 1. The van der Waals surface area contributed by atoms with Crippen molar-refractivity contribution in [3.63, 3.8) is 0 Å². The number of nitrogens with one attached hydrogen (secondary N) is 1. The topological polar surface area (TPSA) is 38.3 Å². The van der Waals surface area contributed by atoms with E-state index in [1.165, 1.54) is 0 Å². The Bertz CT molecular complexity index is 375. The second-order valence-electron chi connectivity index (χ2n) is 4.62. The molecule has 3 nitrogen and oxygen atoms in total. The van der Waals surface area contributed by atoms with Crippen LogP contribution in [0.2, 0.25) is 0 Å². The Morgan fingerprint density at radius 2 is 1.89 bits per heavy atom. The molecule has 2 rings (SSSR count). The van der Waals surface area contributed by atoms with Crippen molar-refractivity contribution in [2.45, 2.75) is 36.6 Å². The van der Waals surface area contributed by atoms with Crippen molar-refractivity contribution < 1.29 is 9.53 Å². The maximum absolute atomic E-state index is 11.7. The second kappa shape index (κ2) is 6.78. The summed E-state index contributed by atoms with van der Waals surface area (Å²) >= 11 is 3.61. The van der Waals surface area contributed by atoms with Gasteiger partial charge in [0, 0.05) is 10.9 Å². The van der Waals surface area contributed by atoms with Crippen LogP contribution in [0.4, 0.5) is 0 Å². The lowest BCUT2D eigenvalue weighted by Gasteiger charge is -2.25. The van der Waals surface area contributed by atoms with Crippen molar-refractivity contribution in [1.82, 2.24) is 5.32 Å². The standard InChI is InChI=1S/C14H18BrNO2/c15-11-6-8-12(9-7-11)16-14(17)10-18-13-4-2-1-3-5-13/h1-5,11-12H,6-10H2,(H,16,17). The molecule has 0 bridgehead atoms. The summed E-state index contributed by atoms with van der Waals surface area (Å²) in [6.45, 7) is 0.0955. The molecule has 0 heterocycles. The van der Waals surface area contributed by atoms with Crippen LogP contribution in [-0.2, 0) is 4.79 Å². The molecule has 0 atom stereocenters. The highest BCUT2D eigenvalue weighted by Gasteiger charge is 2.20. The average Bonchev–Trinajstić information content (AvgIpc) is 2.40. The van der Waals surface area contributed by atoms with Crippen LogP contribution in [0.3, 0.4) is 0 Å². The summed E-state index contributed by atoms with van der Waals surface area (Å²) in [7, 11) is 0. The van der Waals surface area contributed by atoms with E-state index in [0.717, 1.165) is 31.4 Å². The van der Waals surface area contributed by atoms with Gasteiger partial charge >= 0.3 is 0 Å². The molecule has 1 aromatic carbocycles. The van der Waals surface area contributed by atoms with Crippen molar-refractivity contribution in [2.75, 3.05) is 6.61 Å². The molecule has 1 saturated carbocycles. The molecule has 0 radical (unpaired) electrons. The third-order valence-electron chi connectivity index (χ3n) is 3.13. The van der Waals surface area contributed by atoms with Gasteiger partial charge in [0.05, 0.1) is 0 Å². The number of carbonyl (C=O) groups excluding carboxylic acids is 1. The molecule has 0 saturated heterocycles. The number of hydrogen-bond donors (Lipinski definition) is 1. The summed E-state index contributed by atoms with van der Waals surface area (Å²) in [5.74, 6) is 0.702. The molecule has 1 fully saturated rings. The number of ether oxygens (including phenoxy) is 1. The van der Waals surface area contributed by atoms with Crippen LogP contribution in [0, 0.1) is 0 Å². The first-order chi connectivity index (χ1) is 8.74. The summed E-state index contributed by atoms with van der Waals surface area (Å²) < 4.78 is 5.41. The van der Waals surface area contributed by atoms with Crippen molar-refractivity contribution in [3.8, 4) is 5.75 Å². The summed E-state index contributed by atoms with van der Waals surface area (Å²) in [6.07, 6.45) is 4.36. The van der Waals surface area contributed by atoms with Crippen molar-refractivity contribution in [3.05, 3.63) is 30.3 Å². The highest BCUT2D eigenvalue weighted by molar-refractivity contribution is 9.09. The Labute approximate surface area is 116 Å². The SMILES string of the molecule is O=C(COc1ccccc1)NC1CCC(Br)CC1. The molecule has 18 heavy (non-hydrogen) atoms. The monoisotopic (exact) mass is 311 g/mol. The van der Waals surface area contributed by atoms with E-state index >= 15 is 0 Å². The summed E-state index contributed by atoms with van der Waals surface area (Å²) in [6, 6.07) is 9.72. The first-order valence-electron chi connectivity index (χ1n) is 6.35. The van der Waals surface area contributed by atoms with Crippen LogP contribution in [0.15, 0.2) is 30.3 Å². The molecule has 0 spiro atoms. The predicted molar refractivity (Wildman–Crippen MR) is 75.1 cm³/mol. The van der Waals surface area contributed by atoms with Crippen LogP contribution < -0.4 is 10.1 Å². The van der Waals surface area contributed by atoms with E-state index in [-0.39, 0.29) is 12.5 Å². The Morgan fingerprint density at radius 1 is 1.22 bits per heavy atom. The lowest BCUT2D eigenvalue weighted by Crippen LogP contribution is -2.40. The van der Waals surface area contributed by atoms with Gasteiger partial charge in [-0.05, 0) is 37.8 Å². The van der Waals surface area contributed by atoms with Crippen molar-refractivity contribution in [1.29, 1.82) is 0 Å². The van der Waals surface area contributed by atoms with Crippen LogP contribution in [0.5, 0.6) is 5.75 Å². The van der Waals surface area contributed by atoms with Crippen molar-refractivity contribution in [2.24, 2.45) is 0 Å². The normalized spacial score (nSPS) is 23.4. The van der Waals surface area contributed by atoms with E-state index in [1.807, 2.05) is 30.3 Å². The van der Waals surface area contributed by atoms with Gasteiger partial charge in [-0.1, -0.05) is 34.1 Å². The van der Waals surface area contributed by atoms with E-state index in [9.17, 15) is 4.79 Å². The van der Waals surface area contributed by atoms with E-state index in [0.29, 0.717) is 10.9 Å². The maximum atomic E-state index is 11.7. The Balaban J connectivity index is 1.69. The van der Waals surface area contributed by atoms with Gasteiger partial charge in [0.15, 0.2) is 6.61 Å². The van der Waals surface area contributed by atoms with Gasteiger partial charge < -0.3 is 10.1 Å². The number of alkyl halides is 1. The lowest BCUT2D eigenvalue weighted by molar-refractivity contribution is -0.124. The number of hydrogen-bond acceptors (Lipinski definition) is 2. The predicted octanol–water partition coefficient (Wildman–Crippen LogP) is 2.89.